The smallest absolute Gasteiger partial charge is 0.0713 e. The molecule has 29 heavy (non-hydrogen) atoms. The molecule has 1 saturated carbocycles. The quantitative estimate of drug-likeness (QED) is 0.398. The van der Waals surface area contributed by atoms with Gasteiger partial charge in [-0.2, -0.15) is 0 Å². The van der Waals surface area contributed by atoms with Crippen molar-refractivity contribution < 1.29 is 4.74 Å². The number of rotatable bonds is 6. The molecule has 0 spiro atoms. The Balaban J connectivity index is 1.44. The summed E-state index contributed by atoms with van der Waals surface area (Å²) in [6.45, 7) is 4.62. The Hall–Kier alpha value is -2.64. The standard InChI is InChI=1S/C28H30O/c1-3-21-4-8-23(9-5-21)25-12-16-27(17-13-25)28-18-14-26(15-19-28)24-10-6-22(7-11-24)20-29-2/h3,6-7,10-19,21,23H,1,4-5,8-9,20H2,2H3/t21-,23-. The topological polar surface area (TPSA) is 9.23 Å². The van der Waals surface area contributed by atoms with Gasteiger partial charge in [0, 0.05) is 7.11 Å². The Kier molecular flexibility index (Phi) is 6.27. The molecular weight excluding hydrogens is 352 g/mol. The summed E-state index contributed by atoms with van der Waals surface area (Å²) < 4.78 is 5.19. The zero-order valence-electron chi connectivity index (χ0n) is 17.3. The molecule has 1 nitrogen and oxygen atoms in total. The number of ether oxygens (including phenoxy) is 1. The summed E-state index contributed by atoms with van der Waals surface area (Å²) in [5.74, 6) is 1.43. The Labute approximate surface area is 175 Å². The fourth-order valence-corrected chi connectivity index (χ4v) is 4.45. The summed E-state index contributed by atoms with van der Waals surface area (Å²) in [6.07, 6.45) is 7.27. The average molecular weight is 383 g/mol. The predicted molar refractivity (Wildman–Crippen MR) is 123 cm³/mol. The van der Waals surface area contributed by atoms with Gasteiger partial charge in [-0.15, -0.1) is 6.58 Å². The molecule has 4 rings (SSSR count). The first-order valence-electron chi connectivity index (χ1n) is 10.7. The van der Waals surface area contributed by atoms with Crippen molar-refractivity contribution in [1.82, 2.24) is 0 Å². The normalized spacial score (nSPS) is 19.1. The molecule has 0 atom stereocenters. The lowest BCUT2D eigenvalue weighted by molar-refractivity contribution is 0.185. The van der Waals surface area contributed by atoms with E-state index in [2.05, 4.69) is 85.5 Å². The van der Waals surface area contributed by atoms with E-state index >= 15 is 0 Å². The number of hydrogen-bond acceptors (Lipinski definition) is 1. The fraction of sp³-hybridized carbons (Fsp3) is 0.286. The van der Waals surface area contributed by atoms with Crippen molar-refractivity contribution in [2.75, 3.05) is 7.11 Å². The molecule has 1 fully saturated rings. The molecule has 0 radical (unpaired) electrons. The lowest BCUT2D eigenvalue weighted by atomic mass is 9.78. The highest BCUT2D eigenvalue weighted by Gasteiger charge is 2.20. The van der Waals surface area contributed by atoms with Gasteiger partial charge < -0.3 is 4.74 Å². The van der Waals surface area contributed by atoms with Crippen LogP contribution in [0, 0.1) is 5.92 Å². The number of benzene rings is 3. The van der Waals surface area contributed by atoms with E-state index in [-0.39, 0.29) is 0 Å². The first-order valence-corrected chi connectivity index (χ1v) is 10.7. The SMILES string of the molecule is C=C[C@H]1CC[C@H](c2ccc(-c3ccc(-c4ccc(COC)cc4)cc3)cc2)CC1. The molecule has 0 unspecified atom stereocenters. The molecule has 3 aromatic rings. The van der Waals surface area contributed by atoms with Crippen LogP contribution in [0.15, 0.2) is 85.5 Å². The second-order valence-electron chi connectivity index (χ2n) is 8.18. The van der Waals surface area contributed by atoms with Crippen molar-refractivity contribution in [1.29, 1.82) is 0 Å². The van der Waals surface area contributed by atoms with E-state index < -0.39 is 0 Å². The summed E-state index contributed by atoms with van der Waals surface area (Å²) in [5, 5.41) is 0. The van der Waals surface area contributed by atoms with Crippen LogP contribution in [-0.4, -0.2) is 7.11 Å². The third-order valence-corrected chi connectivity index (χ3v) is 6.30. The molecule has 0 saturated heterocycles. The van der Waals surface area contributed by atoms with Crippen molar-refractivity contribution >= 4 is 0 Å². The first kappa shape index (κ1) is 19.7. The van der Waals surface area contributed by atoms with Crippen molar-refractivity contribution in [3.05, 3.63) is 96.6 Å². The molecule has 1 heteroatoms. The van der Waals surface area contributed by atoms with Gasteiger partial charge in [-0.1, -0.05) is 78.9 Å². The third-order valence-electron chi connectivity index (χ3n) is 6.30. The zero-order chi connectivity index (χ0) is 20.1. The van der Waals surface area contributed by atoms with Gasteiger partial charge in [0.25, 0.3) is 0 Å². The zero-order valence-corrected chi connectivity index (χ0v) is 17.3. The van der Waals surface area contributed by atoms with E-state index in [4.69, 9.17) is 4.74 Å². The largest absolute Gasteiger partial charge is 0.380 e. The van der Waals surface area contributed by atoms with Crippen LogP contribution >= 0.6 is 0 Å². The average Bonchev–Trinajstić information content (AvgIpc) is 2.80. The molecule has 148 valence electrons. The summed E-state index contributed by atoms with van der Waals surface area (Å²) in [6, 6.07) is 26.7. The van der Waals surface area contributed by atoms with Gasteiger partial charge >= 0.3 is 0 Å². The second kappa shape index (κ2) is 9.24. The minimum atomic E-state index is 0.658. The van der Waals surface area contributed by atoms with E-state index in [1.54, 1.807) is 7.11 Å². The molecule has 0 aromatic heterocycles. The molecule has 1 aliphatic rings. The van der Waals surface area contributed by atoms with Gasteiger partial charge in [-0.25, -0.2) is 0 Å². The number of allylic oxidation sites excluding steroid dienone is 1. The van der Waals surface area contributed by atoms with Crippen LogP contribution in [0.4, 0.5) is 0 Å². The van der Waals surface area contributed by atoms with Gasteiger partial charge in [0.05, 0.1) is 6.61 Å². The summed E-state index contributed by atoms with van der Waals surface area (Å²) in [4.78, 5) is 0. The van der Waals surface area contributed by atoms with Crippen LogP contribution < -0.4 is 0 Å². The minimum absolute atomic E-state index is 0.658. The highest BCUT2D eigenvalue weighted by molar-refractivity contribution is 5.70. The molecular formula is C28H30O. The summed E-state index contributed by atoms with van der Waals surface area (Å²) >= 11 is 0. The molecule has 0 N–H and O–H groups in total. The van der Waals surface area contributed by atoms with Gasteiger partial charge in [-0.05, 0) is 70.9 Å². The Bertz CT molecular complexity index is 912. The number of hydrogen-bond donors (Lipinski definition) is 0. The van der Waals surface area contributed by atoms with Crippen LogP contribution in [0.25, 0.3) is 22.3 Å². The monoisotopic (exact) mass is 382 g/mol. The van der Waals surface area contributed by atoms with Crippen molar-refractivity contribution in [3.8, 4) is 22.3 Å². The maximum atomic E-state index is 5.19. The van der Waals surface area contributed by atoms with Gasteiger partial charge in [-0.3, -0.25) is 0 Å². The minimum Gasteiger partial charge on any atom is -0.380 e. The molecule has 3 aromatic carbocycles. The Morgan fingerprint density at radius 1 is 0.724 bits per heavy atom. The molecule has 0 heterocycles. The lowest BCUT2D eigenvalue weighted by Gasteiger charge is -2.27. The molecule has 0 bridgehead atoms. The molecule has 0 amide bonds. The highest BCUT2D eigenvalue weighted by atomic mass is 16.5. The number of methoxy groups -OCH3 is 1. The van der Waals surface area contributed by atoms with Crippen molar-refractivity contribution in [2.24, 2.45) is 5.92 Å². The summed E-state index contributed by atoms with van der Waals surface area (Å²) in [7, 11) is 1.73. The van der Waals surface area contributed by atoms with Crippen LogP contribution in [-0.2, 0) is 11.3 Å². The highest BCUT2D eigenvalue weighted by Crippen LogP contribution is 2.36. The van der Waals surface area contributed by atoms with Crippen LogP contribution in [0.3, 0.4) is 0 Å². The first-order chi connectivity index (χ1) is 14.3. The maximum absolute atomic E-state index is 5.19. The second-order valence-corrected chi connectivity index (χ2v) is 8.18. The fourth-order valence-electron chi connectivity index (χ4n) is 4.45. The van der Waals surface area contributed by atoms with E-state index in [1.807, 2.05) is 0 Å². The van der Waals surface area contributed by atoms with E-state index in [1.165, 1.54) is 59.1 Å². The molecule has 0 aliphatic heterocycles. The van der Waals surface area contributed by atoms with Crippen LogP contribution in [0.1, 0.15) is 42.7 Å². The molecule has 1 aliphatic carbocycles. The Morgan fingerprint density at radius 2 is 1.17 bits per heavy atom. The van der Waals surface area contributed by atoms with E-state index in [0.717, 1.165) is 5.92 Å². The van der Waals surface area contributed by atoms with Crippen LogP contribution in [0.5, 0.6) is 0 Å². The van der Waals surface area contributed by atoms with Gasteiger partial charge in [0.15, 0.2) is 0 Å². The van der Waals surface area contributed by atoms with Crippen molar-refractivity contribution in [3.63, 3.8) is 0 Å². The third kappa shape index (κ3) is 4.68. The van der Waals surface area contributed by atoms with E-state index in [9.17, 15) is 0 Å². The maximum Gasteiger partial charge on any atom is 0.0713 e. The van der Waals surface area contributed by atoms with Crippen LogP contribution in [0.2, 0.25) is 0 Å². The van der Waals surface area contributed by atoms with Gasteiger partial charge in [0.2, 0.25) is 0 Å². The predicted octanol–water partition coefficient (Wildman–Crippen LogP) is 7.63. The lowest BCUT2D eigenvalue weighted by Crippen LogP contribution is -2.11. The Morgan fingerprint density at radius 3 is 1.62 bits per heavy atom. The van der Waals surface area contributed by atoms with Crippen molar-refractivity contribution in [2.45, 2.75) is 38.2 Å². The van der Waals surface area contributed by atoms with Gasteiger partial charge in [0.1, 0.15) is 0 Å². The van der Waals surface area contributed by atoms with E-state index in [0.29, 0.717) is 12.5 Å². The summed E-state index contributed by atoms with van der Waals surface area (Å²) in [5.41, 5.74) is 7.73.